The van der Waals surface area contributed by atoms with E-state index in [-0.39, 0.29) is 6.29 Å². The molecule has 0 aromatic carbocycles. The lowest BCUT2D eigenvalue weighted by Gasteiger charge is -2.19. The first-order valence-corrected chi connectivity index (χ1v) is 9.72. The Morgan fingerprint density at radius 2 is 1.23 bits per heavy atom. The molecule has 3 heteroatoms. The van der Waals surface area contributed by atoms with E-state index in [1.54, 1.807) is 0 Å². The second-order valence-electron chi connectivity index (χ2n) is 6.25. The molecular weight excluding hydrogens is 274 g/mol. The van der Waals surface area contributed by atoms with Crippen LogP contribution in [0.3, 0.4) is 0 Å². The summed E-state index contributed by atoms with van der Waals surface area (Å²) in [6, 6.07) is 0. The maximum atomic E-state index is 5.96. The van der Waals surface area contributed by atoms with Gasteiger partial charge in [0.15, 0.2) is 6.29 Å². The number of hydrogen-bond acceptors (Lipinski definition) is 3. The van der Waals surface area contributed by atoms with Gasteiger partial charge in [0.1, 0.15) is 0 Å². The number of rotatable bonds is 18. The van der Waals surface area contributed by atoms with Crippen LogP contribution in [0.5, 0.6) is 0 Å². The van der Waals surface area contributed by atoms with Crippen LogP contribution in [-0.2, 0) is 9.47 Å². The fraction of sp³-hybridized carbons (Fsp3) is 1.00. The predicted molar refractivity (Wildman–Crippen MR) is 96.4 cm³/mol. The molecule has 0 aromatic heterocycles. The van der Waals surface area contributed by atoms with E-state index in [4.69, 9.17) is 9.47 Å². The average Bonchev–Trinajstić information content (AvgIpc) is 2.53. The predicted octanol–water partition coefficient (Wildman–Crippen LogP) is 5.29. The minimum absolute atomic E-state index is 0.0258. The van der Waals surface area contributed by atoms with Crippen LogP contribution in [0.25, 0.3) is 0 Å². The average molecular weight is 316 g/mol. The fourth-order valence-corrected chi connectivity index (χ4v) is 2.49. The topological polar surface area (TPSA) is 30.5 Å². The Bertz CT molecular complexity index is 167. The van der Waals surface area contributed by atoms with Crippen LogP contribution >= 0.6 is 0 Å². The molecule has 0 atom stereocenters. The van der Waals surface area contributed by atoms with E-state index in [0.717, 1.165) is 26.2 Å². The van der Waals surface area contributed by atoms with Crippen LogP contribution in [0.1, 0.15) is 90.9 Å². The van der Waals surface area contributed by atoms with Crippen LogP contribution in [-0.4, -0.2) is 33.1 Å². The summed E-state index contributed by atoms with van der Waals surface area (Å²) in [5, 5.41) is 3.20. The van der Waals surface area contributed by atoms with Crippen molar-refractivity contribution in [3.05, 3.63) is 0 Å². The summed E-state index contributed by atoms with van der Waals surface area (Å²) in [4.78, 5) is 0. The highest BCUT2D eigenvalue weighted by Crippen LogP contribution is 2.11. The van der Waals surface area contributed by atoms with E-state index in [1.165, 1.54) is 70.6 Å². The maximum absolute atomic E-state index is 5.96. The molecule has 1 N–H and O–H groups in total. The Morgan fingerprint density at radius 1 is 0.682 bits per heavy atom. The van der Waals surface area contributed by atoms with Gasteiger partial charge in [-0.1, -0.05) is 58.8 Å². The summed E-state index contributed by atoms with van der Waals surface area (Å²) in [6.07, 6.45) is 14.9. The van der Waals surface area contributed by atoms with E-state index < -0.39 is 0 Å². The smallest absolute Gasteiger partial charge is 0.157 e. The molecule has 0 amide bonds. The fourth-order valence-electron chi connectivity index (χ4n) is 2.49. The van der Waals surface area contributed by atoms with Gasteiger partial charge in [-0.2, -0.15) is 0 Å². The molecule has 0 spiro atoms. The van der Waals surface area contributed by atoms with Gasteiger partial charge >= 0.3 is 0 Å². The largest absolute Gasteiger partial charge is 0.353 e. The number of nitrogens with one attached hydrogen (secondary N) is 1. The summed E-state index contributed by atoms with van der Waals surface area (Å²) in [7, 11) is 2.02. The molecule has 0 bridgehead atoms. The van der Waals surface area contributed by atoms with Crippen LogP contribution in [0.2, 0.25) is 0 Å². The third kappa shape index (κ3) is 16.3. The number of unbranched alkanes of at least 4 members (excludes halogenated alkanes) is 8. The Balaban J connectivity index is 3.72. The molecule has 0 aliphatic heterocycles. The molecule has 0 fully saturated rings. The quantitative estimate of drug-likeness (QED) is 0.275. The van der Waals surface area contributed by atoms with Gasteiger partial charge in [-0.05, 0) is 45.7 Å². The lowest BCUT2D eigenvalue weighted by molar-refractivity contribution is -0.148. The SMILES string of the molecule is CCCCCCOC(CCCCCNC)OCCCCCC. The molecule has 0 rings (SSSR count). The Kier molecular flexibility index (Phi) is 18.8. The van der Waals surface area contributed by atoms with E-state index in [2.05, 4.69) is 19.2 Å². The van der Waals surface area contributed by atoms with Gasteiger partial charge in [0.2, 0.25) is 0 Å². The maximum Gasteiger partial charge on any atom is 0.157 e. The normalized spacial score (nSPS) is 11.5. The minimum atomic E-state index is 0.0258. The molecule has 0 aromatic rings. The van der Waals surface area contributed by atoms with Crippen LogP contribution in [0.15, 0.2) is 0 Å². The van der Waals surface area contributed by atoms with Crippen molar-refractivity contribution in [2.45, 2.75) is 97.2 Å². The zero-order valence-electron chi connectivity index (χ0n) is 15.5. The second-order valence-corrected chi connectivity index (χ2v) is 6.25. The van der Waals surface area contributed by atoms with Gasteiger partial charge in [0.25, 0.3) is 0 Å². The first-order valence-electron chi connectivity index (χ1n) is 9.72. The summed E-state index contributed by atoms with van der Waals surface area (Å²) in [6.45, 7) is 7.31. The Morgan fingerprint density at radius 3 is 1.73 bits per heavy atom. The zero-order chi connectivity index (χ0) is 16.3. The van der Waals surface area contributed by atoms with Crippen LogP contribution in [0.4, 0.5) is 0 Å². The summed E-state index contributed by atoms with van der Waals surface area (Å²) in [5.41, 5.74) is 0. The third-order valence-corrected chi connectivity index (χ3v) is 3.97. The summed E-state index contributed by atoms with van der Waals surface area (Å²) in [5.74, 6) is 0. The van der Waals surface area contributed by atoms with Crippen molar-refractivity contribution in [3.63, 3.8) is 0 Å². The van der Waals surface area contributed by atoms with Gasteiger partial charge in [0.05, 0.1) is 0 Å². The molecule has 0 saturated heterocycles. The zero-order valence-corrected chi connectivity index (χ0v) is 15.5. The number of ether oxygens (including phenoxy) is 2. The van der Waals surface area contributed by atoms with E-state index in [1.807, 2.05) is 7.05 Å². The molecule has 0 radical (unpaired) electrons. The summed E-state index contributed by atoms with van der Waals surface area (Å²) >= 11 is 0. The van der Waals surface area contributed by atoms with Crippen molar-refractivity contribution >= 4 is 0 Å². The summed E-state index contributed by atoms with van der Waals surface area (Å²) < 4.78 is 11.9. The first kappa shape index (κ1) is 21.9. The van der Waals surface area contributed by atoms with Gasteiger partial charge in [-0.25, -0.2) is 0 Å². The minimum Gasteiger partial charge on any atom is -0.353 e. The highest BCUT2D eigenvalue weighted by Gasteiger charge is 2.09. The van der Waals surface area contributed by atoms with Crippen molar-refractivity contribution in [1.29, 1.82) is 0 Å². The molecular formula is C19H41NO2. The Labute approximate surface area is 139 Å². The highest BCUT2D eigenvalue weighted by molar-refractivity contribution is 4.51. The van der Waals surface area contributed by atoms with Gasteiger partial charge < -0.3 is 14.8 Å². The van der Waals surface area contributed by atoms with Crippen molar-refractivity contribution in [3.8, 4) is 0 Å². The van der Waals surface area contributed by atoms with E-state index >= 15 is 0 Å². The molecule has 0 saturated carbocycles. The molecule has 22 heavy (non-hydrogen) atoms. The lowest BCUT2D eigenvalue weighted by atomic mass is 10.2. The number of hydrogen-bond donors (Lipinski definition) is 1. The molecule has 0 aliphatic rings. The van der Waals surface area contributed by atoms with Crippen molar-refractivity contribution < 1.29 is 9.47 Å². The standard InChI is InChI=1S/C19H41NO2/c1-4-6-8-13-17-21-19(15-11-10-12-16-20-3)22-18-14-9-7-5-2/h19-20H,4-18H2,1-3H3. The molecule has 134 valence electrons. The second kappa shape index (κ2) is 18.9. The van der Waals surface area contributed by atoms with E-state index in [0.29, 0.717) is 0 Å². The van der Waals surface area contributed by atoms with Gasteiger partial charge in [0, 0.05) is 13.2 Å². The van der Waals surface area contributed by atoms with Crippen LogP contribution in [0, 0.1) is 0 Å². The van der Waals surface area contributed by atoms with Crippen molar-refractivity contribution in [2.75, 3.05) is 26.8 Å². The lowest BCUT2D eigenvalue weighted by Crippen LogP contribution is -2.19. The molecule has 0 heterocycles. The van der Waals surface area contributed by atoms with Crippen LogP contribution < -0.4 is 5.32 Å². The monoisotopic (exact) mass is 315 g/mol. The molecule has 0 unspecified atom stereocenters. The van der Waals surface area contributed by atoms with Gasteiger partial charge in [-0.15, -0.1) is 0 Å². The first-order chi connectivity index (χ1) is 10.8. The molecule has 3 nitrogen and oxygen atoms in total. The van der Waals surface area contributed by atoms with Gasteiger partial charge in [-0.3, -0.25) is 0 Å². The highest BCUT2D eigenvalue weighted by atomic mass is 16.7. The third-order valence-electron chi connectivity index (χ3n) is 3.97. The van der Waals surface area contributed by atoms with Crippen molar-refractivity contribution in [1.82, 2.24) is 5.32 Å². The molecule has 0 aliphatic carbocycles. The Hall–Kier alpha value is -0.120. The van der Waals surface area contributed by atoms with Crippen molar-refractivity contribution in [2.24, 2.45) is 0 Å². The van der Waals surface area contributed by atoms with E-state index in [9.17, 15) is 0 Å².